The Balaban J connectivity index is 1.47. The normalized spacial score (nSPS) is 12.2. The van der Waals surface area contributed by atoms with Gasteiger partial charge < -0.3 is 23.4 Å². The number of alkyl halides is 1. The van der Waals surface area contributed by atoms with E-state index >= 15 is 0 Å². The van der Waals surface area contributed by atoms with E-state index in [1.54, 1.807) is 30.3 Å². The van der Waals surface area contributed by atoms with Crippen molar-refractivity contribution >= 4 is 21.9 Å². The highest BCUT2D eigenvalue weighted by Crippen LogP contribution is 2.25. The maximum absolute atomic E-state index is 14.5. The second-order valence-corrected chi connectivity index (χ2v) is 7.14. The van der Waals surface area contributed by atoms with E-state index in [4.69, 9.17) is 18.3 Å². The third-order valence-electron chi connectivity index (χ3n) is 4.88. The lowest BCUT2D eigenvalue weighted by Crippen LogP contribution is -2.22. The van der Waals surface area contributed by atoms with Crippen LogP contribution in [0.1, 0.15) is 18.4 Å². The molecule has 1 atom stereocenters. The summed E-state index contributed by atoms with van der Waals surface area (Å²) in [7, 11) is 0. The molecule has 2 aromatic heterocycles. The molecule has 1 N–H and O–H groups in total. The predicted molar refractivity (Wildman–Crippen MR) is 116 cm³/mol. The van der Waals surface area contributed by atoms with Gasteiger partial charge in [-0.2, -0.15) is 0 Å². The first kappa shape index (κ1) is 21.6. The predicted octanol–water partition coefficient (Wildman–Crippen LogP) is 3.75. The van der Waals surface area contributed by atoms with Gasteiger partial charge in [-0.1, -0.05) is 19.1 Å². The topological polar surface area (TPSA) is 99.1 Å². The van der Waals surface area contributed by atoms with E-state index in [0.29, 0.717) is 17.8 Å². The highest BCUT2D eigenvalue weighted by atomic mass is 19.1. The number of hydrogen-bond donors (Lipinski definition) is 1. The van der Waals surface area contributed by atoms with Gasteiger partial charge in [0.05, 0.1) is 0 Å². The van der Waals surface area contributed by atoms with Gasteiger partial charge in [-0.15, -0.1) is 0 Å². The molecule has 0 fully saturated rings. The molecule has 0 bridgehead atoms. The summed E-state index contributed by atoms with van der Waals surface area (Å²) in [4.78, 5) is 24.8. The third kappa shape index (κ3) is 4.36. The lowest BCUT2D eigenvalue weighted by Gasteiger charge is -2.14. The van der Waals surface area contributed by atoms with Crippen LogP contribution in [0.2, 0.25) is 0 Å². The van der Waals surface area contributed by atoms with Gasteiger partial charge in [-0.3, -0.25) is 9.59 Å². The first-order valence-electron chi connectivity index (χ1n) is 10.1. The Bertz CT molecular complexity index is 1270. The third-order valence-corrected chi connectivity index (χ3v) is 4.88. The van der Waals surface area contributed by atoms with Gasteiger partial charge in [0.2, 0.25) is 0 Å². The van der Waals surface area contributed by atoms with Crippen LogP contribution in [0.25, 0.3) is 21.9 Å². The zero-order valence-corrected chi connectivity index (χ0v) is 17.3. The maximum Gasteiger partial charge on any atom is 0.196 e. The molecule has 7 nitrogen and oxygen atoms in total. The smallest absolute Gasteiger partial charge is 0.196 e. The Morgan fingerprint density at radius 1 is 0.875 bits per heavy atom. The molecule has 1 unspecified atom stereocenters. The Labute approximate surface area is 181 Å². The summed E-state index contributed by atoms with van der Waals surface area (Å²) in [5.74, 6) is 1.08. The number of benzene rings is 2. The molecule has 2 heterocycles. The fourth-order valence-corrected chi connectivity index (χ4v) is 3.36. The number of halogens is 1. The molecule has 8 heteroatoms. The molecule has 0 spiro atoms. The van der Waals surface area contributed by atoms with E-state index < -0.39 is 18.2 Å². The van der Waals surface area contributed by atoms with Crippen LogP contribution in [0.3, 0.4) is 0 Å². The molecular formula is C24H21FO7. The molecule has 0 radical (unpaired) electrons. The summed E-state index contributed by atoms with van der Waals surface area (Å²) < 4.78 is 36.7. The van der Waals surface area contributed by atoms with Gasteiger partial charge in [0, 0.05) is 18.6 Å². The van der Waals surface area contributed by atoms with E-state index in [9.17, 15) is 19.1 Å². The Morgan fingerprint density at radius 3 is 1.88 bits per heavy atom. The van der Waals surface area contributed by atoms with E-state index in [1.165, 1.54) is 18.2 Å². The second kappa shape index (κ2) is 9.23. The summed E-state index contributed by atoms with van der Waals surface area (Å²) in [6, 6.07) is 12.2. The Kier molecular flexibility index (Phi) is 6.23. The molecule has 0 aliphatic heterocycles. The van der Waals surface area contributed by atoms with Crippen molar-refractivity contribution in [3.8, 4) is 11.5 Å². The van der Waals surface area contributed by atoms with Crippen LogP contribution in [0.4, 0.5) is 4.39 Å². The number of aliphatic hydroxyl groups excluding tert-OH is 1. The highest BCUT2D eigenvalue weighted by Gasteiger charge is 2.16. The van der Waals surface area contributed by atoms with Crippen molar-refractivity contribution in [2.75, 3.05) is 13.2 Å². The van der Waals surface area contributed by atoms with Crippen LogP contribution in [0.15, 0.2) is 67.0 Å². The highest BCUT2D eigenvalue weighted by molar-refractivity contribution is 5.84. The van der Waals surface area contributed by atoms with E-state index in [0.717, 1.165) is 0 Å². The summed E-state index contributed by atoms with van der Waals surface area (Å²) in [5, 5.41) is 9.59. The fraction of sp³-hybridized carbons (Fsp3) is 0.250. The molecule has 4 rings (SSSR count). The van der Waals surface area contributed by atoms with Crippen LogP contribution < -0.4 is 20.3 Å². The minimum absolute atomic E-state index is 0.127. The number of hydrogen-bond acceptors (Lipinski definition) is 7. The van der Waals surface area contributed by atoms with Gasteiger partial charge in [-0.05, 0) is 24.3 Å². The van der Waals surface area contributed by atoms with Crippen LogP contribution in [-0.2, 0) is 13.0 Å². The SMILES string of the molecule is CCc1cc(=O)c2c(OCC(F)COc3cccc4oc(CO)cc(=O)c34)cccc2o1. The lowest BCUT2D eigenvalue weighted by molar-refractivity contribution is 0.136. The molecule has 32 heavy (non-hydrogen) atoms. The number of aryl methyl sites for hydroxylation is 1. The molecule has 0 aliphatic carbocycles. The van der Waals surface area contributed by atoms with Crippen molar-refractivity contribution < 1.29 is 27.8 Å². The van der Waals surface area contributed by atoms with Crippen molar-refractivity contribution in [1.82, 2.24) is 0 Å². The minimum atomic E-state index is -1.54. The van der Waals surface area contributed by atoms with Crippen LogP contribution in [-0.4, -0.2) is 24.5 Å². The molecule has 0 aliphatic rings. The quantitative estimate of drug-likeness (QED) is 0.445. The van der Waals surface area contributed by atoms with Crippen molar-refractivity contribution in [2.24, 2.45) is 0 Å². The Hall–Kier alpha value is -3.65. The zero-order chi connectivity index (χ0) is 22.7. The van der Waals surface area contributed by atoms with Crippen LogP contribution >= 0.6 is 0 Å². The maximum atomic E-state index is 14.5. The first-order valence-corrected chi connectivity index (χ1v) is 10.1. The molecule has 0 amide bonds. The van der Waals surface area contributed by atoms with Gasteiger partial charge in [0.25, 0.3) is 0 Å². The zero-order valence-electron chi connectivity index (χ0n) is 17.3. The molecular weight excluding hydrogens is 419 g/mol. The van der Waals surface area contributed by atoms with E-state index in [-0.39, 0.29) is 52.3 Å². The minimum Gasteiger partial charge on any atom is -0.489 e. The summed E-state index contributed by atoms with van der Waals surface area (Å²) >= 11 is 0. The van der Waals surface area contributed by atoms with E-state index in [2.05, 4.69) is 0 Å². The number of fused-ring (bicyclic) bond motifs is 2. The van der Waals surface area contributed by atoms with Gasteiger partial charge in [-0.25, -0.2) is 4.39 Å². The summed E-state index contributed by atoms with van der Waals surface area (Å²) in [5.41, 5.74) is -0.0375. The van der Waals surface area contributed by atoms with Gasteiger partial charge in [0.15, 0.2) is 17.0 Å². The average Bonchev–Trinajstić information content (AvgIpc) is 2.80. The molecule has 4 aromatic rings. The van der Waals surface area contributed by atoms with Gasteiger partial charge >= 0.3 is 0 Å². The number of rotatable bonds is 8. The Morgan fingerprint density at radius 2 is 1.38 bits per heavy atom. The van der Waals surface area contributed by atoms with Crippen molar-refractivity contribution in [1.29, 1.82) is 0 Å². The summed E-state index contributed by atoms with van der Waals surface area (Å²) in [6.45, 7) is 0.734. The van der Waals surface area contributed by atoms with Crippen molar-refractivity contribution in [3.05, 3.63) is 80.5 Å². The monoisotopic (exact) mass is 440 g/mol. The molecule has 0 saturated carbocycles. The average molecular weight is 440 g/mol. The first-order chi connectivity index (χ1) is 15.5. The number of aliphatic hydroxyl groups is 1. The molecule has 166 valence electrons. The van der Waals surface area contributed by atoms with Crippen LogP contribution in [0, 0.1) is 0 Å². The van der Waals surface area contributed by atoms with E-state index in [1.807, 2.05) is 6.92 Å². The largest absolute Gasteiger partial charge is 0.489 e. The summed E-state index contributed by atoms with van der Waals surface area (Å²) in [6.07, 6.45) is -0.959. The standard InChI is InChI=1S/C24H21FO7/c1-2-15-9-17(27)23-19(5-3-7-21(23)31-15)29-12-14(25)13-30-20-6-4-8-22-24(20)18(28)10-16(11-26)32-22/h3-10,14,26H,2,11-13H2,1H3. The second-order valence-electron chi connectivity index (χ2n) is 7.14. The number of ether oxygens (including phenoxy) is 2. The van der Waals surface area contributed by atoms with Gasteiger partial charge in [0.1, 0.15) is 64.8 Å². The van der Waals surface area contributed by atoms with Crippen LogP contribution in [0.5, 0.6) is 11.5 Å². The molecule has 2 aromatic carbocycles. The lowest BCUT2D eigenvalue weighted by atomic mass is 10.2. The fourth-order valence-electron chi connectivity index (χ4n) is 3.36. The molecule has 0 saturated heterocycles. The van der Waals surface area contributed by atoms with Crippen molar-refractivity contribution in [2.45, 2.75) is 26.1 Å². The van der Waals surface area contributed by atoms with Crippen molar-refractivity contribution in [3.63, 3.8) is 0 Å².